The quantitative estimate of drug-likeness (QED) is 0.148. The normalized spacial score (nSPS) is 14.0. The van der Waals surface area contributed by atoms with Gasteiger partial charge < -0.3 is 0 Å². The van der Waals surface area contributed by atoms with Gasteiger partial charge in [-0.15, -0.1) is 0 Å². The number of aryl methyl sites for hydroxylation is 17. The molecule has 12 aromatic rings. The average molecular weight is 1380 g/mol. The first kappa shape index (κ1) is 56.8. The highest BCUT2D eigenvalue weighted by Crippen LogP contribution is 2.30. The van der Waals surface area contributed by atoms with Crippen LogP contribution in [0.3, 0.4) is 0 Å². The maximum absolute atomic E-state index is 7.84. The lowest BCUT2D eigenvalue weighted by Gasteiger charge is -2.10. The number of hydrogen-bond acceptors (Lipinski definition) is 0. The Morgan fingerprint density at radius 3 is 1.04 bits per heavy atom. The van der Waals surface area contributed by atoms with E-state index in [1.807, 2.05) is 51.1 Å². The zero-order valence-corrected chi connectivity index (χ0v) is 65.0. The molecule has 6 nitrogen and oxygen atoms in total. The Bertz CT molecular complexity index is 5740. The summed E-state index contributed by atoms with van der Waals surface area (Å²) >= 11 is 0. The summed E-state index contributed by atoms with van der Waals surface area (Å²) in [5.74, 6) is 0. The van der Waals surface area contributed by atoms with E-state index in [1.165, 1.54) is 107 Å². The number of nitrogens with zero attached hydrogens (tertiary/aromatic N) is 6. The summed E-state index contributed by atoms with van der Waals surface area (Å²) in [7, 11) is 11.7. The number of aromatic nitrogens is 6. The number of pyridine rings is 6. The van der Waals surface area contributed by atoms with E-state index in [0.29, 0.717) is 39.6 Å². The van der Waals surface area contributed by atoms with Crippen molar-refractivity contribution in [3.05, 3.63) is 316 Å². The summed E-state index contributed by atoms with van der Waals surface area (Å²) in [6.45, 7) is 23.5. The number of benzene rings is 6. The molecular formula is C96H120N6+6. The molecule has 0 saturated carbocycles. The zero-order chi connectivity index (χ0) is 90.5. The first-order valence-electron chi connectivity index (χ1n) is 43.8. The van der Waals surface area contributed by atoms with Gasteiger partial charge in [-0.1, -0.05) is 109 Å². The molecule has 0 aliphatic rings. The molecule has 0 N–H and O–H groups in total. The van der Waals surface area contributed by atoms with Gasteiger partial charge in [0.1, 0.15) is 42.3 Å². The fourth-order valence-corrected chi connectivity index (χ4v) is 13.0. The topological polar surface area (TPSA) is 23.3 Å². The standard InChI is InChI=1S/6C16H20N/c1-11-6-7-13(3)15(10-11)16-9-8-12(2)14(4)17(16)5;2*1-11-9-10-15(17(5)14(11)4)16-12(2)7-6-8-13(16)3;1-11-8-6-7-9-15(11)16-10-12(2)13(3)14(4)17(16)5;2*1-11-8-6-7-9-15(11)16-13(3)10-12(2)14(4)17(16)5/h6*6-10H,1-5H3/q6*+1/i2*1D3,2D3;;;2D3,3D3;. The SMILES string of the molecule is Cc1cccc(C)c1-c1ccc(C)c(C)[n+]1C.Cc1ccccc1-c1c(C)cc(C)c(C)[n+]1C.Cc1ccccc1-c1cc(C)c(C)c(C)[n+]1C.[2H]C([2H])([2H])c1cc(C([2H])([2H])[2H])c(-c2ccccc2C)[n+](C)c1C.[2H]C([2H])([2H])c1ccc(C)c(-c2ccc(C([2H])([2H])[2H])c(C)[n+]2C)c1.[2H]C([2H])([2H])c1cccc(C)c1-c1ccc(C([2H])([2H])[2H])c(C)[n+]1C. The molecule has 6 heteroatoms. The van der Waals surface area contributed by atoms with Gasteiger partial charge in [-0.2, -0.15) is 27.4 Å². The van der Waals surface area contributed by atoms with Gasteiger partial charge in [-0.3, -0.25) is 0 Å². The van der Waals surface area contributed by atoms with Crippen LogP contribution in [-0.2, 0) is 42.3 Å². The van der Waals surface area contributed by atoms with E-state index in [2.05, 4.69) is 209 Å². The summed E-state index contributed by atoms with van der Waals surface area (Å²) in [6.07, 6.45) is 0. The van der Waals surface area contributed by atoms with Crippen molar-refractivity contribution in [3.8, 4) is 67.5 Å². The van der Waals surface area contributed by atoms with Crippen LogP contribution in [0, 0.1) is 166 Å². The molecule has 6 aromatic heterocycles. The molecule has 6 heterocycles. The molecular weight excluding hydrogens is 1240 g/mol. The van der Waals surface area contributed by atoms with Crippen molar-refractivity contribution < 1.29 is 52.1 Å². The molecule has 0 saturated heterocycles. The second-order valence-corrected chi connectivity index (χ2v) is 27.3. The van der Waals surface area contributed by atoms with Gasteiger partial charge in [-0.25, -0.2) is 0 Å². The predicted molar refractivity (Wildman–Crippen MR) is 432 cm³/mol. The van der Waals surface area contributed by atoms with Gasteiger partial charge in [-0.05, 0) is 229 Å². The Labute approximate surface area is 641 Å². The molecule has 528 valence electrons. The van der Waals surface area contributed by atoms with Crippen molar-refractivity contribution in [2.75, 3.05) is 0 Å². The highest BCUT2D eigenvalue weighted by atomic mass is 15.0. The van der Waals surface area contributed by atoms with Crippen molar-refractivity contribution in [3.63, 3.8) is 0 Å². The van der Waals surface area contributed by atoms with Gasteiger partial charge in [0, 0.05) is 157 Å². The zero-order valence-electron chi connectivity index (χ0n) is 83.0. The summed E-state index contributed by atoms with van der Waals surface area (Å²) in [6, 6.07) is 58.2. The second-order valence-electron chi connectivity index (χ2n) is 27.3. The van der Waals surface area contributed by atoms with Gasteiger partial charge in [0.25, 0.3) is 0 Å². The third-order valence-electron chi connectivity index (χ3n) is 20.6. The predicted octanol–water partition coefficient (Wildman–Crippen LogP) is 20.5. The minimum Gasteiger partial charge on any atom is -0.198 e. The minimum atomic E-state index is -2.40. The molecule has 0 aliphatic heterocycles. The Morgan fingerprint density at radius 2 is 0.559 bits per heavy atom. The highest BCUT2D eigenvalue weighted by molar-refractivity contribution is 5.69. The van der Waals surface area contributed by atoms with Crippen LogP contribution in [0.25, 0.3) is 67.5 Å². The number of rotatable bonds is 6. The molecule has 0 amide bonds. The average Bonchev–Trinajstić information content (AvgIpc) is 0.749. The Hall–Kier alpha value is -9.78. The van der Waals surface area contributed by atoms with Crippen LogP contribution >= 0.6 is 0 Å². The van der Waals surface area contributed by atoms with E-state index in [4.69, 9.17) is 24.7 Å². The molecule has 0 fully saturated rings. The maximum Gasteiger partial charge on any atom is 0.215 e. The monoisotopic (exact) mass is 1380 g/mol. The minimum absolute atomic E-state index is 0.0611. The molecule has 12 rings (SSSR count). The lowest BCUT2D eigenvalue weighted by Crippen LogP contribution is -2.36. The van der Waals surface area contributed by atoms with Gasteiger partial charge in [0.2, 0.25) is 34.2 Å². The van der Waals surface area contributed by atoms with Crippen molar-refractivity contribution in [1.29, 1.82) is 0 Å². The molecule has 6 aromatic carbocycles. The van der Waals surface area contributed by atoms with E-state index >= 15 is 0 Å². The van der Waals surface area contributed by atoms with Crippen molar-refractivity contribution in [2.24, 2.45) is 42.3 Å². The first-order chi connectivity index (χ1) is 55.4. The lowest BCUT2D eigenvalue weighted by molar-refractivity contribution is -0.667. The largest absolute Gasteiger partial charge is 0.215 e. The molecule has 102 heavy (non-hydrogen) atoms. The molecule has 0 spiro atoms. The van der Waals surface area contributed by atoms with Crippen molar-refractivity contribution in [1.82, 2.24) is 0 Å². The fourth-order valence-electron chi connectivity index (χ4n) is 13.0. The lowest BCUT2D eigenvalue weighted by atomic mass is 9.98. The molecule has 0 unspecified atom stereocenters. The van der Waals surface area contributed by atoms with Gasteiger partial charge >= 0.3 is 0 Å². The van der Waals surface area contributed by atoms with E-state index in [1.54, 1.807) is 110 Å². The molecule has 0 atom stereocenters. The fraction of sp³-hybridized carbons (Fsp3) is 0.312. The smallest absolute Gasteiger partial charge is 0.198 e. The van der Waals surface area contributed by atoms with Crippen LogP contribution in [-0.4, -0.2) is 0 Å². The maximum atomic E-state index is 7.84. The Balaban J connectivity index is 0.000000199. The van der Waals surface area contributed by atoms with Crippen LogP contribution in [0.5, 0.6) is 0 Å². The van der Waals surface area contributed by atoms with Crippen LogP contribution in [0.2, 0.25) is 0 Å². The summed E-state index contributed by atoms with van der Waals surface area (Å²) in [5, 5.41) is 0. The van der Waals surface area contributed by atoms with E-state index in [9.17, 15) is 0 Å². The van der Waals surface area contributed by atoms with Crippen LogP contribution in [0.15, 0.2) is 182 Å². The molecule has 0 bridgehead atoms. The summed E-state index contributed by atoms with van der Waals surface area (Å²) in [4.78, 5) is 0. The third-order valence-corrected chi connectivity index (χ3v) is 20.6. The third kappa shape index (κ3) is 18.1. The van der Waals surface area contributed by atoms with Crippen molar-refractivity contribution in [2.45, 2.75) is 166 Å². The highest BCUT2D eigenvalue weighted by Gasteiger charge is 2.24. The summed E-state index contributed by atoms with van der Waals surface area (Å²) < 4.78 is 150. The van der Waals surface area contributed by atoms with Crippen LogP contribution < -0.4 is 27.4 Å². The molecule has 0 aliphatic carbocycles. The van der Waals surface area contributed by atoms with Gasteiger partial charge in [0.15, 0.2) is 34.2 Å². The number of hydrogen-bond donors (Lipinski definition) is 0. The van der Waals surface area contributed by atoms with Crippen LogP contribution in [0.4, 0.5) is 0 Å². The van der Waals surface area contributed by atoms with Crippen molar-refractivity contribution >= 4 is 0 Å². The van der Waals surface area contributed by atoms with E-state index in [0.717, 1.165) is 33.5 Å². The first-order valence-corrected chi connectivity index (χ1v) is 34.8. The van der Waals surface area contributed by atoms with E-state index < -0.39 is 41.1 Å². The van der Waals surface area contributed by atoms with E-state index in [-0.39, 0.29) is 27.8 Å². The Kier molecular flexibility index (Phi) is 19.3. The Morgan fingerprint density at radius 1 is 0.206 bits per heavy atom. The van der Waals surface area contributed by atoms with Gasteiger partial charge in [0.05, 0.1) is 11.1 Å². The summed E-state index contributed by atoms with van der Waals surface area (Å²) in [5.41, 5.74) is 34.0. The molecule has 0 radical (unpaired) electrons. The second kappa shape index (κ2) is 34.7. The van der Waals surface area contributed by atoms with Crippen LogP contribution in [0.1, 0.15) is 159 Å².